The summed E-state index contributed by atoms with van der Waals surface area (Å²) in [5.41, 5.74) is 1.54. The van der Waals surface area contributed by atoms with E-state index in [1.54, 1.807) is 24.3 Å². The molecule has 128 valence electrons. The van der Waals surface area contributed by atoms with Gasteiger partial charge in [-0.05, 0) is 43.3 Å². The van der Waals surface area contributed by atoms with Gasteiger partial charge in [0.2, 0.25) is 5.91 Å². The Balaban J connectivity index is 1.89. The van der Waals surface area contributed by atoms with E-state index in [-0.39, 0.29) is 24.1 Å². The molecule has 0 spiro atoms. The van der Waals surface area contributed by atoms with Gasteiger partial charge in [0.25, 0.3) is 5.91 Å². The van der Waals surface area contributed by atoms with E-state index in [9.17, 15) is 14.0 Å². The average molecular weight is 339 g/mol. The van der Waals surface area contributed by atoms with Gasteiger partial charge in [0.1, 0.15) is 11.5 Å². The van der Waals surface area contributed by atoms with Crippen molar-refractivity contribution in [2.45, 2.75) is 19.8 Å². The minimum Gasteiger partial charge on any atom is -0.308 e. The highest BCUT2D eigenvalue weighted by atomic mass is 19.1. The van der Waals surface area contributed by atoms with E-state index < -0.39 is 0 Å². The van der Waals surface area contributed by atoms with Crippen LogP contribution in [0.3, 0.4) is 0 Å². The van der Waals surface area contributed by atoms with Crippen LogP contribution in [0.4, 0.5) is 15.8 Å². The first kappa shape index (κ1) is 16.8. The summed E-state index contributed by atoms with van der Waals surface area (Å²) in [6, 6.07) is 14.7. The third-order valence-corrected chi connectivity index (χ3v) is 3.98. The fraction of sp³-hybridized carbons (Fsp3) is 0.211. The molecule has 0 radical (unpaired) electrons. The van der Waals surface area contributed by atoms with E-state index in [1.807, 2.05) is 25.1 Å². The maximum absolute atomic E-state index is 13.1. The molecule has 3 rings (SSSR count). The monoisotopic (exact) mass is 339 g/mol. The molecule has 0 saturated carbocycles. The normalized spacial score (nSPS) is 14.2. The SMILES string of the molecule is CCN(C(=O)C1=NN(c2ccccc2)C(=O)CC1)c1ccc(F)cc1. The van der Waals surface area contributed by atoms with Crippen molar-refractivity contribution in [2.75, 3.05) is 16.5 Å². The van der Waals surface area contributed by atoms with Crippen molar-refractivity contribution in [3.63, 3.8) is 0 Å². The number of halogens is 1. The zero-order valence-electron chi connectivity index (χ0n) is 13.9. The summed E-state index contributed by atoms with van der Waals surface area (Å²) in [5, 5.41) is 5.55. The molecule has 2 aromatic rings. The number of hydrogen-bond acceptors (Lipinski definition) is 3. The number of hydrogen-bond donors (Lipinski definition) is 0. The first-order chi connectivity index (χ1) is 12.1. The van der Waals surface area contributed by atoms with Crippen molar-refractivity contribution in [1.29, 1.82) is 0 Å². The largest absolute Gasteiger partial charge is 0.308 e. The molecule has 0 aromatic heterocycles. The molecule has 0 atom stereocenters. The quantitative estimate of drug-likeness (QED) is 0.858. The summed E-state index contributed by atoms with van der Waals surface area (Å²) in [6.45, 7) is 2.26. The molecule has 6 heteroatoms. The number of carbonyl (C=O) groups excluding carboxylic acids is 2. The summed E-state index contributed by atoms with van der Waals surface area (Å²) in [6.07, 6.45) is 0.513. The van der Waals surface area contributed by atoms with Crippen LogP contribution in [0.5, 0.6) is 0 Å². The molecule has 1 heterocycles. The van der Waals surface area contributed by atoms with Gasteiger partial charge in [-0.25, -0.2) is 9.40 Å². The third kappa shape index (κ3) is 3.57. The van der Waals surface area contributed by atoms with Crippen LogP contribution >= 0.6 is 0 Å². The maximum atomic E-state index is 13.1. The fourth-order valence-electron chi connectivity index (χ4n) is 2.70. The van der Waals surface area contributed by atoms with E-state index in [2.05, 4.69) is 5.10 Å². The molecule has 0 aliphatic carbocycles. The Morgan fingerprint density at radius 3 is 2.44 bits per heavy atom. The Labute approximate surface area is 145 Å². The highest BCUT2D eigenvalue weighted by Crippen LogP contribution is 2.22. The number of para-hydroxylation sites is 1. The minimum atomic E-state index is -0.358. The fourth-order valence-corrected chi connectivity index (χ4v) is 2.70. The predicted molar refractivity (Wildman–Crippen MR) is 95.0 cm³/mol. The van der Waals surface area contributed by atoms with Gasteiger partial charge < -0.3 is 4.90 Å². The van der Waals surface area contributed by atoms with Gasteiger partial charge in [-0.3, -0.25) is 9.59 Å². The molecule has 5 nitrogen and oxygen atoms in total. The molecule has 0 bridgehead atoms. The maximum Gasteiger partial charge on any atom is 0.274 e. The zero-order chi connectivity index (χ0) is 17.8. The van der Waals surface area contributed by atoms with E-state index in [0.29, 0.717) is 30.1 Å². The number of hydrazone groups is 1. The smallest absolute Gasteiger partial charge is 0.274 e. The molecular weight excluding hydrogens is 321 g/mol. The Kier molecular flexibility index (Phi) is 4.88. The van der Waals surface area contributed by atoms with E-state index in [1.165, 1.54) is 22.0 Å². The number of benzene rings is 2. The summed E-state index contributed by atoms with van der Waals surface area (Å²) >= 11 is 0. The number of amides is 2. The molecular formula is C19H18FN3O2. The second-order valence-electron chi connectivity index (χ2n) is 5.61. The average Bonchev–Trinajstić information content (AvgIpc) is 2.65. The van der Waals surface area contributed by atoms with Crippen LogP contribution in [0, 0.1) is 5.82 Å². The Morgan fingerprint density at radius 1 is 1.12 bits per heavy atom. The summed E-state index contributed by atoms with van der Waals surface area (Å²) in [4.78, 5) is 26.5. The number of carbonyl (C=O) groups is 2. The van der Waals surface area contributed by atoms with E-state index in [4.69, 9.17) is 0 Å². The molecule has 0 fully saturated rings. The van der Waals surface area contributed by atoms with Crippen LogP contribution in [0.15, 0.2) is 59.7 Å². The molecule has 0 unspecified atom stereocenters. The Hall–Kier alpha value is -3.02. The van der Waals surface area contributed by atoms with Crippen molar-refractivity contribution < 1.29 is 14.0 Å². The van der Waals surface area contributed by atoms with Crippen molar-refractivity contribution in [2.24, 2.45) is 5.10 Å². The first-order valence-corrected chi connectivity index (χ1v) is 8.13. The van der Waals surface area contributed by atoms with Crippen molar-refractivity contribution in [1.82, 2.24) is 0 Å². The van der Waals surface area contributed by atoms with Crippen LogP contribution in [-0.2, 0) is 9.59 Å². The van der Waals surface area contributed by atoms with Crippen molar-refractivity contribution in [3.05, 3.63) is 60.4 Å². The minimum absolute atomic E-state index is 0.146. The molecule has 1 aliphatic heterocycles. The van der Waals surface area contributed by atoms with Crippen LogP contribution in [0.25, 0.3) is 0 Å². The number of nitrogens with zero attached hydrogens (tertiary/aromatic N) is 3. The lowest BCUT2D eigenvalue weighted by molar-refractivity contribution is -0.118. The van der Waals surface area contributed by atoms with Crippen LogP contribution in [0.2, 0.25) is 0 Å². The first-order valence-electron chi connectivity index (χ1n) is 8.13. The molecule has 1 aliphatic rings. The number of anilines is 2. The standard InChI is InChI=1S/C19H18FN3O2/c1-2-22(15-10-8-14(20)9-11-15)19(25)17-12-13-18(24)23(21-17)16-6-4-3-5-7-16/h3-11H,2,12-13H2,1H3. The molecule has 25 heavy (non-hydrogen) atoms. The van der Waals surface area contributed by atoms with Gasteiger partial charge in [0, 0.05) is 25.1 Å². The van der Waals surface area contributed by atoms with Crippen LogP contribution < -0.4 is 9.91 Å². The topological polar surface area (TPSA) is 53.0 Å². The van der Waals surface area contributed by atoms with Crippen molar-refractivity contribution in [3.8, 4) is 0 Å². The second kappa shape index (κ2) is 7.25. The lowest BCUT2D eigenvalue weighted by Crippen LogP contribution is -2.41. The Bertz CT molecular complexity index is 803. The molecule has 0 N–H and O–H groups in total. The van der Waals surface area contributed by atoms with E-state index in [0.717, 1.165) is 0 Å². The van der Waals surface area contributed by atoms with E-state index >= 15 is 0 Å². The highest BCUT2D eigenvalue weighted by molar-refractivity contribution is 6.44. The van der Waals surface area contributed by atoms with Gasteiger partial charge in [-0.2, -0.15) is 5.10 Å². The van der Waals surface area contributed by atoms with Crippen LogP contribution in [0.1, 0.15) is 19.8 Å². The van der Waals surface area contributed by atoms with Gasteiger partial charge in [0.05, 0.1) is 5.69 Å². The Morgan fingerprint density at radius 2 is 1.80 bits per heavy atom. The third-order valence-electron chi connectivity index (χ3n) is 3.98. The molecule has 2 aromatic carbocycles. The van der Waals surface area contributed by atoms with Gasteiger partial charge >= 0.3 is 0 Å². The summed E-state index contributed by atoms with van der Waals surface area (Å²) < 4.78 is 13.1. The summed E-state index contributed by atoms with van der Waals surface area (Å²) in [7, 11) is 0. The van der Waals surface area contributed by atoms with Gasteiger partial charge in [-0.15, -0.1) is 0 Å². The van der Waals surface area contributed by atoms with Crippen LogP contribution in [-0.4, -0.2) is 24.1 Å². The molecule has 2 amide bonds. The lowest BCUT2D eigenvalue weighted by atomic mass is 10.1. The predicted octanol–water partition coefficient (Wildman–Crippen LogP) is 3.36. The number of rotatable bonds is 4. The zero-order valence-corrected chi connectivity index (χ0v) is 13.9. The van der Waals surface area contributed by atoms with Crippen molar-refractivity contribution >= 4 is 28.9 Å². The highest BCUT2D eigenvalue weighted by Gasteiger charge is 2.28. The molecule has 0 saturated heterocycles. The lowest BCUT2D eigenvalue weighted by Gasteiger charge is -2.26. The summed E-state index contributed by atoms with van der Waals surface area (Å²) in [5.74, 6) is -0.779. The second-order valence-corrected chi connectivity index (χ2v) is 5.61. The van der Waals surface area contributed by atoms with Gasteiger partial charge in [-0.1, -0.05) is 18.2 Å². The van der Waals surface area contributed by atoms with Gasteiger partial charge in [0.15, 0.2) is 0 Å².